The molecule has 0 bridgehead atoms. The van der Waals surface area contributed by atoms with E-state index in [0.717, 1.165) is 0 Å². The quantitative estimate of drug-likeness (QED) is 0.601. The van der Waals surface area contributed by atoms with Gasteiger partial charge >= 0.3 is 5.97 Å². The summed E-state index contributed by atoms with van der Waals surface area (Å²) in [5.74, 6) is -0.692. The van der Waals surface area contributed by atoms with Crippen LogP contribution in [-0.4, -0.2) is 43.2 Å². The Bertz CT molecular complexity index is 610. The number of rotatable bonds is 6. The predicted octanol–water partition coefficient (Wildman–Crippen LogP) is 1.82. The zero-order valence-electron chi connectivity index (χ0n) is 11.7. The Morgan fingerprint density at radius 3 is 2.57 bits per heavy atom. The number of benzene rings is 1. The first-order valence-corrected chi connectivity index (χ1v) is 6.21. The standard InChI is InChI=1S/C14H15FN2O4/c1-19-7-8-21-13-12(14(18)20-2)9-16-17(13)11-5-3-10(15)4-6-11/h3-6,9H,7-8H2,1-2H3. The van der Waals surface area contributed by atoms with Crippen molar-refractivity contribution in [1.82, 2.24) is 9.78 Å². The van der Waals surface area contributed by atoms with Crippen LogP contribution in [-0.2, 0) is 9.47 Å². The number of carbonyl (C=O) groups is 1. The molecule has 0 radical (unpaired) electrons. The van der Waals surface area contributed by atoms with Gasteiger partial charge in [0.15, 0.2) is 0 Å². The number of esters is 1. The fourth-order valence-electron chi connectivity index (χ4n) is 1.71. The minimum atomic E-state index is -0.559. The highest BCUT2D eigenvalue weighted by Crippen LogP contribution is 2.23. The van der Waals surface area contributed by atoms with Crippen molar-refractivity contribution in [3.05, 3.63) is 41.8 Å². The monoisotopic (exact) mass is 294 g/mol. The average molecular weight is 294 g/mol. The minimum Gasteiger partial charge on any atom is -0.475 e. The largest absolute Gasteiger partial charge is 0.475 e. The second kappa shape index (κ2) is 6.85. The molecule has 1 aromatic carbocycles. The first-order chi connectivity index (χ1) is 10.2. The molecular weight excluding hydrogens is 279 g/mol. The summed E-state index contributed by atoms with van der Waals surface area (Å²) in [4.78, 5) is 11.7. The third-order valence-corrected chi connectivity index (χ3v) is 2.73. The van der Waals surface area contributed by atoms with Gasteiger partial charge in [-0.25, -0.2) is 13.9 Å². The van der Waals surface area contributed by atoms with Crippen LogP contribution >= 0.6 is 0 Å². The number of hydrogen-bond acceptors (Lipinski definition) is 5. The normalized spacial score (nSPS) is 10.4. The molecule has 0 fully saturated rings. The Labute approximate surface area is 121 Å². The maximum atomic E-state index is 13.0. The van der Waals surface area contributed by atoms with Crippen molar-refractivity contribution in [1.29, 1.82) is 0 Å². The Hall–Kier alpha value is -2.41. The van der Waals surface area contributed by atoms with Crippen molar-refractivity contribution in [2.24, 2.45) is 0 Å². The predicted molar refractivity (Wildman–Crippen MR) is 72.2 cm³/mol. The maximum Gasteiger partial charge on any atom is 0.345 e. The molecule has 2 aromatic rings. The molecule has 0 aliphatic rings. The molecular formula is C14H15FN2O4. The zero-order chi connectivity index (χ0) is 15.2. The molecule has 0 N–H and O–H groups in total. The molecule has 0 atom stereocenters. The third kappa shape index (κ3) is 3.38. The lowest BCUT2D eigenvalue weighted by Gasteiger charge is -2.10. The van der Waals surface area contributed by atoms with E-state index in [4.69, 9.17) is 9.47 Å². The van der Waals surface area contributed by atoms with Crippen molar-refractivity contribution >= 4 is 5.97 Å². The summed E-state index contributed by atoms with van der Waals surface area (Å²) in [6, 6.07) is 5.67. The van der Waals surface area contributed by atoms with Crippen LogP contribution < -0.4 is 4.74 Å². The smallest absolute Gasteiger partial charge is 0.345 e. The highest BCUT2D eigenvalue weighted by Gasteiger charge is 2.20. The van der Waals surface area contributed by atoms with Gasteiger partial charge < -0.3 is 14.2 Å². The summed E-state index contributed by atoms with van der Waals surface area (Å²) >= 11 is 0. The molecule has 0 unspecified atom stereocenters. The molecule has 2 rings (SSSR count). The lowest BCUT2D eigenvalue weighted by molar-refractivity contribution is 0.0593. The van der Waals surface area contributed by atoms with Crippen LogP contribution in [0.3, 0.4) is 0 Å². The van der Waals surface area contributed by atoms with Gasteiger partial charge in [-0.1, -0.05) is 0 Å². The van der Waals surface area contributed by atoms with E-state index in [2.05, 4.69) is 9.84 Å². The number of ether oxygens (including phenoxy) is 3. The summed E-state index contributed by atoms with van der Waals surface area (Å²) in [5, 5.41) is 4.09. The van der Waals surface area contributed by atoms with E-state index in [-0.39, 0.29) is 23.9 Å². The van der Waals surface area contributed by atoms with Gasteiger partial charge in [0.2, 0.25) is 5.88 Å². The van der Waals surface area contributed by atoms with E-state index >= 15 is 0 Å². The summed E-state index contributed by atoms with van der Waals surface area (Å²) in [6.45, 7) is 0.600. The fraction of sp³-hybridized carbons (Fsp3) is 0.286. The highest BCUT2D eigenvalue weighted by atomic mass is 19.1. The van der Waals surface area contributed by atoms with E-state index in [1.807, 2.05) is 0 Å². The number of aromatic nitrogens is 2. The Kier molecular flexibility index (Phi) is 4.89. The van der Waals surface area contributed by atoms with Crippen LogP contribution in [0.1, 0.15) is 10.4 Å². The second-order valence-electron chi connectivity index (χ2n) is 4.08. The molecule has 1 aromatic heterocycles. The first-order valence-electron chi connectivity index (χ1n) is 6.21. The average Bonchev–Trinajstić information content (AvgIpc) is 2.91. The number of nitrogens with zero attached hydrogens (tertiary/aromatic N) is 2. The zero-order valence-corrected chi connectivity index (χ0v) is 11.7. The van der Waals surface area contributed by atoms with Crippen molar-refractivity contribution in [3.63, 3.8) is 0 Å². The molecule has 0 amide bonds. The van der Waals surface area contributed by atoms with Crippen molar-refractivity contribution in [2.75, 3.05) is 27.4 Å². The Morgan fingerprint density at radius 2 is 1.95 bits per heavy atom. The van der Waals surface area contributed by atoms with Gasteiger partial charge in [0, 0.05) is 7.11 Å². The molecule has 112 valence electrons. The number of carbonyl (C=O) groups excluding carboxylic acids is 1. The number of methoxy groups -OCH3 is 2. The SMILES string of the molecule is COCCOc1c(C(=O)OC)cnn1-c1ccc(F)cc1. The molecule has 6 nitrogen and oxygen atoms in total. The highest BCUT2D eigenvalue weighted by molar-refractivity contribution is 5.91. The second-order valence-corrected chi connectivity index (χ2v) is 4.08. The van der Waals surface area contributed by atoms with Gasteiger partial charge in [-0.2, -0.15) is 5.10 Å². The van der Waals surface area contributed by atoms with Gasteiger partial charge in [-0.3, -0.25) is 0 Å². The molecule has 0 aliphatic heterocycles. The first kappa shape index (κ1) is 15.0. The molecule has 1 heterocycles. The summed E-state index contributed by atoms with van der Waals surface area (Å²) < 4.78 is 29.5. The number of halogens is 1. The topological polar surface area (TPSA) is 62.6 Å². The summed E-state index contributed by atoms with van der Waals surface area (Å²) in [6.07, 6.45) is 1.34. The van der Waals surface area contributed by atoms with Gasteiger partial charge in [-0.05, 0) is 24.3 Å². The van der Waals surface area contributed by atoms with Gasteiger partial charge in [0.1, 0.15) is 18.0 Å². The van der Waals surface area contributed by atoms with Crippen LogP contribution in [0.15, 0.2) is 30.5 Å². The molecule has 0 saturated carbocycles. The molecule has 0 aliphatic carbocycles. The Balaban J connectivity index is 2.37. The summed E-state index contributed by atoms with van der Waals surface area (Å²) in [7, 11) is 2.82. The minimum absolute atomic E-state index is 0.193. The van der Waals surface area contributed by atoms with Crippen LogP contribution in [0.2, 0.25) is 0 Å². The van der Waals surface area contributed by atoms with E-state index < -0.39 is 5.97 Å². The van der Waals surface area contributed by atoms with Crippen LogP contribution in [0, 0.1) is 5.82 Å². The van der Waals surface area contributed by atoms with Crippen LogP contribution in [0.5, 0.6) is 5.88 Å². The lowest BCUT2D eigenvalue weighted by Crippen LogP contribution is -2.11. The summed E-state index contributed by atoms with van der Waals surface area (Å²) in [5.41, 5.74) is 0.761. The van der Waals surface area contributed by atoms with Crippen molar-refractivity contribution in [3.8, 4) is 11.6 Å². The van der Waals surface area contributed by atoms with E-state index in [1.54, 1.807) is 7.11 Å². The van der Waals surface area contributed by atoms with Gasteiger partial charge in [-0.15, -0.1) is 0 Å². The molecule has 0 spiro atoms. The van der Waals surface area contributed by atoms with E-state index in [0.29, 0.717) is 12.3 Å². The maximum absolute atomic E-state index is 13.0. The van der Waals surface area contributed by atoms with Crippen molar-refractivity contribution < 1.29 is 23.4 Å². The van der Waals surface area contributed by atoms with Crippen LogP contribution in [0.25, 0.3) is 5.69 Å². The third-order valence-electron chi connectivity index (χ3n) is 2.73. The molecule has 7 heteroatoms. The van der Waals surface area contributed by atoms with Gasteiger partial charge in [0.25, 0.3) is 0 Å². The van der Waals surface area contributed by atoms with Gasteiger partial charge in [0.05, 0.1) is 25.6 Å². The van der Waals surface area contributed by atoms with Crippen molar-refractivity contribution in [2.45, 2.75) is 0 Å². The number of hydrogen-bond donors (Lipinski definition) is 0. The fourth-order valence-corrected chi connectivity index (χ4v) is 1.71. The van der Waals surface area contributed by atoms with E-state index in [9.17, 15) is 9.18 Å². The Morgan fingerprint density at radius 1 is 1.24 bits per heavy atom. The van der Waals surface area contributed by atoms with Crippen LogP contribution in [0.4, 0.5) is 4.39 Å². The van der Waals surface area contributed by atoms with E-state index in [1.165, 1.54) is 42.3 Å². The molecule has 0 saturated heterocycles. The lowest BCUT2D eigenvalue weighted by atomic mass is 10.3. The molecule has 21 heavy (non-hydrogen) atoms.